The van der Waals surface area contributed by atoms with E-state index < -0.39 is 30.3 Å². The van der Waals surface area contributed by atoms with Crippen LogP contribution in [0.5, 0.6) is 5.75 Å². The van der Waals surface area contributed by atoms with Gasteiger partial charge in [-0.25, -0.2) is 9.78 Å². The molecule has 0 saturated carbocycles. The van der Waals surface area contributed by atoms with E-state index >= 15 is 0 Å². The van der Waals surface area contributed by atoms with Gasteiger partial charge in [0.05, 0.1) is 6.54 Å². The molecule has 0 aliphatic carbocycles. The Hall–Kier alpha value is -3.72. The van der Waals surface area contributed by atoms with Crippen molar-refractivity contribution in [1.29, 1.82) is 5.41 Å². The number of aliphatic hydroxyl groups is 1. The van der Waals surface area contributed by atoms with Crippen molar-refractivity contribution < 1.29 is 24.9 Å². The molecule has 6 N–H and O–H groups in total. The number of pyridine rings is 1. The number of allylic oxidation sites excluding steroid dienone is 1. The Balaban J connectivity index is 2.13. The summed E-state index contributed by atoms with van der Waals surface area (Å²) in [6.45, 7) is -0.524. The monoisotopic (exact) mass is 370 g/mol. The summed E-state index contributed by atoms with van der Waals surface area (Å²) in [5.41, 5.74) is 1.29. The molecule has 9 heteroatoms. The Kier molecular flexibility index (Phi) is 6.61. The summed E-state index contributed by atoms with van der Waals surface area (Å²) in [5.74, 6) is -2.75. The standard InChI is InChI=1S/C18H18N4O5/c19-7-12(9-20-13-4-2-1-3-5-13)11-6-14(23)16(21-8-11)17(25)22-10-15(24)18(26)27/h1-9,15,19-20,23-24H,10H2,(H,22,25)(H,26,27)/b12-9+,19-7?. The van der Waals surface area contributed by atoms with Gasteiger partial charge in [-0.3, -0.25) is 4.79 Å². The highest BCUT2D eigenvalue weighted by molar-refractivity contribution is 6.09. The maximum atomic E-state index is 11.9. The van der Waals surface area contributed by atoms with Crippen LogP contribution in [0.3, 0.4) is 0 Å². The second-order valence-electron chi connectivity index (χ2n) is 5.41. The third-order valence-corrected chi connectivity index (χ3v) is 3.48. The minimum atomic E-state index is -1.76. The Morgan fingerprint density at radius 1 is 1.26 bits per heavy atom. The summed E-state index contributed by atoms with van der Waals surface area (Å²) >= 11 is 0. The summed E-state index contributed by atoms with van der Waals surface area (Å²) in [6, 6.07) is 10.5. The maximum Gasteiger partial charge on any atom is 0.334 e. The SMILES string of the molecule is N=C/C(=C\Nc1ccccc1)c1cnc(C(=O)NCC(O)C(=O)O)c(O)c1. The molecule has 2 aromatic rings. The first kappa shape index (κ1) is 19.6. The number of nitrogens with one attached hydrogen (secondary N) is 3. The molecule has 27 heavy (non-hydrogen) atoms. The van der Waals surface area contributed by atoms with Crippen molar-refractivity contribution in [1.82, 2.24) is 10.3 Å². The van der Waals surface area contributed by atoms with Crippen LogP contribution in [0.4, 0.5) is 5.69 Å². The minimum Gasteiger partial charge on any atom is -0.505 e. The van der Waals surface area contributed by atoms with Crippen molar-refractivity contribution in [3.05, 3.63) is 60.1 Å². The zero-order chi connectivity index (χ0) is 19.8. The van der Waals surface area contributed by atoms with Gasteiger partial charge in [0.1, 0.15) is 5.75 Å². The summed E-state index contributed by atoms with van der Waals surface area (Å²) in [6.07, 6.45) is 2.16. The summed E-state index contributed by atoms with van der Waals surface area (Å²) in [5, 5.41) is 40.5. The molecule has 1 unspecified atom stereocenters. The van der Waals surface area contributed by atoms with E-state index in [1.807, 2.05) is 30.3 Å². The lowest BCUT2D eigenvalue weighted by Crippen LogP contribution is -2.36. The van der Waals surface area contributed by atoms with Crippen LogP contribution in [0.15, 0.2) is 48.8 Å². The number of hydrogen-bond acceptors (Lipinski definition) is 7. The number of carbonyl (C=O) groups excluding carboxylic acids is 1. The molecule has 9 nitrogen and oxygen atoms in total. The van der Waals surface area contributed by atoms with E-state index in [-0.39, 0.29) is 5.69 Å². The van der Waals surface area contributed by atoms with Gasteiger partial charge in [0.2, 0.25) is 0 Å². The number of carboxylic acid groups (broad SMARTS) is 1. The van der Waals surface area contributed by atoms with E-state index in [1.54, 1.807) is 6.20 Å². The van der Waals surface area contributed by atoms with Crippen molar-refractivity contribution in [2.24, 2.45) is 0 Å². The Labute approximate surface area is 154 Å². The van der Waals surface area contributed by atoms with Gasteiger partial charge in [0.25, 0.3) is 5.91 Å². The second kappa shape index (κ2) is 9.11. The highest BCUT2D eigenvalue weighted by Crippen LogP contribution is 2.21. The van der Waals surface area contributed by atoms with Crippen molar-refractivity contribution in [3.8, 4) is 5.75 Å². The topological polar surface area (TPSA) is 156 Å². The van der Waals surface area contributed by atoms with Gasteiger partial charge in [-0.2, -0.15) is 0 Å². The third-order valence-electron chi connectivity index (χ3n) is 3.48. The lowest BCUT2D eigenvalue weighted by molar-refractivity contribution is -0.146. The van der Waals surface area contributed by atoms with E-state index in [0.717, 1.165) is 11.9 Å². The molecule has 1 heterocycles. The highest BCUT2D eigenvalue weighted by atomic mass is 16.4. The van der Waals surface area contributed by atoms with E-state index in [2.05, 4.69) is 15.6 Å². The molecule has 1 atom stereocenters. The molecule has 0 saturated heterocycles. The van der Waals surface area contributed by atoms with Crippen molar-refractivity contribution >= 4 is 29.4 Å². The van der Waals surface area contributed by atoms with Crippen molar-refractivity contribution in [2.75, 3.05) is 11.9 Å². The van der Waals surface area contributed by atoms with Gasteiger partial charge in [0.15, 0.2) is 11.8 Å². The van der Waals surface area contributed by atoms with Crippen LogP contribution in [0.25, 0.3) is 5.57 Å². The third kappa shape index (κ3) is 5.38. The number of hydrogen-bond donors (Lipinski definition) is 6. The average molecular weight is 370 g/mol. The van der Waals surface area contributed by atoms with Gasteiger partial charge < -0.3 is 31.4 Å². The van der Waals surface area contributed by atoms with E-state index in [1.165, 1.54) is 12.3 Å². The van der Waals surface area contributed by atoms with Crippen LogP contribution < -0.4 is 10.6 Å². The van der Waals surface area contributed by atoms with E-state index in [9.17, 15) is 14.7 Å². The first-order chi connectivity index (χ1) is 12.9. The molecule has 0 radical (unpaired) electrons. The van der Waals surface area contributed by atoms with Crippen LogP contribution in [-0.4, -0.2) is 51.0 Å². The van der Waals surface area contributed by atoms with Crippen LogP contribution in [0.1, 0.15) is 16.1 Å². The van der Waals surface area contributed by atoms with Crippen LogP contribution >= 0.6 is 0 Å². The molecule has 0 aliphatic heterocycles. The summed E-state index contributed by atoms with van der Waals surface area (Å²) < 4.78 is 0. The molecular formula is C18H18N4O5. The van der Waals surface area contributed by atoms with Gasteiger partial charge in [-0.15, -0.1) is 0 Å². The zero-order valence-corrected chi connectivity index (χ0v) is 14.1. The largest absolute Gasteiger partial charge is 0.505 e. The summed E-state index contributed by atoms with van der Waals surface area (Å²) in [7, 11) is 0. The number of benzene rings is 1. The molecule has 1 aromatic heterocycles. The normalized spacial score (nSPS) is 12.1. The molecule has 0 spiro atoms. The van der Waals surface area contributed by atoms with Crippen molar-refractivity contribution in [3.63, 3.8) is 0 Å². The molecule has 0 bridgehead atoms. The van der Waals surface area contributed by atoms with Crippen LogP contribution in [-0.2, 0) is 4.79 Å². The van der Waals surface area contributed by atoms with Gasteiger partial charge in [-0.05, 0) is 18.2 Å². The summed E-state index contributed by atoms with van der Waals surface area (Å²) in [4.78, 5) is 26.3. The number of aromatic nitrogens is 1. The Morgan fingerprint density at radius 3 is 2.56 bits per heavy atom. The molecule has 0 aliphatic rings. The number of carbonyl (C=O) groups is 2. The average Bonchev–Trinajstić information content (AvgIpc) is 2.67. The number of amides is 1. The van der Waals surface area contributed by atoms with Crippen LogP contribution in [0, 0.1) is 5.41 Å². The second-order valence-corrected chi connectivity index (χ2v) is 5.41. The highest BCUT2D eigenvalue weighted by Gasteiger charge is 2.18. The molecule has 2 rings (SSSR count). The quantitative estimate of drug-likeness (QED) is 0.380. The van der Waals surface area contributed by atoms with Crippen LogP contribution in [0.2, 0.25) is 0 Å². The zero-order valence-electron chi connectivity index (χ0n) is 14.1. The Morgan fingerprint density at radius 2 is 1.96 bits per heavy atom. The number of rotatable bonds is 8. The lowest BCUT2D eigenvalue weighted by atomic mass is 10.1. The number of anilines is 1. The molecule has 1 amide bonds. The fourth-order valence-corrected chi connectivity index (χ4v) is 2.05. The maximum absolute atomic E-state index is 11.9. The Bertz CT molecular complexity index is 867. The molecule has 0 fully saturated rings. The number of aliphatic carboxylic acids is 1. The van der Waals surface area contributed by atoms with Gasteiger partial charge in [0, 0.05) is 35.4 Å². The first-order valence-electron chi connectivity index (χ1n) is 7.83. The molecular weight excluding hydrogens is 352 g/mol. The molecule has 140 valence electrons. The number of aliphatic hydroxyl groups excluding tert-OH is 1. The number of para-hydroxylation sites is 1. The predicted octanol–water partition coefficient (Wildman–Crippen LogP) is 1.07. The number of carboxylic acids is 1. The number of aromatic hydroxyl groups is 1. The molecule has 1 aromatic carbocycles. The van der Waals surface area contributed by atoms with E-state index in [4.69, 9.17) is 15.6 Å². The minimum absolute atomic E-state index is 0.323. The van der Waals surface area contributed by atoms with Gasteiger partial charge >= 0.3 is 5.97 Å². The fraction of sp³-hybridized carbons (Fsp3) is 0.111. The van der Waals surface area contributed by atoms with Gasteiger partial charge in [-0.1, -0.05) is 18.2 Å². The fourth-order valence-electron chi connectivity index (χ4n) is 2.05. The first-order valence-corrected chi connectivity index (χ1v) is 7.83. The predicted molar refractivity (Wildman–Crippen MR) is 98.7 cm³/mol. The van der Waals surface area contributed by atoms with E-state index in [0.29, 0.717) is 11.1 Å². The number of nitrogens with zero attached hydrogens (tertiary/aromatic N) is 1. The lowest BCUT2D eigenvalue weighted by Gasteiger charge is -2.10. The smallest absolute Gasteiger partial charge is 0.334 e. The van der Waals surface area contributed by atoms with Crippen molar-refractivity contribution in [2.45, 2.75) is 6.10 Å².